The zero-order valence-electron chi connectivity index (χ0n) is 16.4. The summed E-state index contributed by atoms with van der Waals surface area (Å²) in [6.45, 7) is 9.41. The molecule has 2 nitrogen and oxygen atoms in total. The Morgan fingerprint density at radius 1 is 0.741 bits per heavy atom. The molecule has 1 aliphatic rings. The lowest BCUT2D eigenvalue weighted by Gasteiger charge is -2.42. The molecule has 1 aliphatic carbocycles. The first-order valence-electron chi connectivity index (χ1n) is 9.47. The molecule has 27 heavy (non-hydrogen) atoms. The maximum absolute atomic E-state index is 11.2. The van der Waals surface area contributed by atoms with E-state index in [4.69, 9.17) is 0 Å². The van der Waals surface area contributed by atoms with Crippen LogP contribution in [0.3, 0.4) is 0 Å². The highest BCUT2D eigenvalue weighted by Gasteiger charge is 2.37. The number of fused-ring (bicyclic) bond motifs is 2. The largest absolute Gasteiger partial charge is 0.302 e. The van der Waals surface area contributed by atoms with Gasteiger partial charge in [0.2, 0.25) is 0 Å². The Bertz CT molecular complexity index is 1050. The van der Waals surface area contributed by atoms with Crippen LogP contribution in [0.25, 0.3) is 21.9 Å². The predicted molar refractivity (Wildman–Crippen MR) is 114 cm³/mol. The highest BCUT2D eigenvalue weighted by atomic mass is 32.2. The molecule has 1 unspecified atom stereocenters. The van der Waals surface area contributed by atoms with Crippen molar-refractivity contribution in [3.8, 4) is 11.1 Å². The van der Waals surface area contributed by atoms with Crippen LogP contribution < -0.4 is 0 Å². The van der Waals surface area contributed by atoms with Gasteiger partial charge in [-0.3, -0.25) is 0 Å². The molecule has 0 saturated heterocycles. The third kappa shape index (κ3) is 3.24. The minimum absolute atomic E-state index is 0.196. The molecule has 0 heterocycles. The number of benzene rings is 3. The lowest BCUT2D eigenvalue weighted by Crippen LogP contribution is -2.33. The first kappa shape index (κ1) is 18.4. The van der Waals surface area contributed by atoms with Crippen molar-refractivity contribution in [2.75, 3.05) is 0 Å². The Hall–Kier alpha value is -1.97. The van der Waals surface area contributed by atoms with E-state index in [2.05, 4.69) is 58.0 Å². The second-order valence-corrected chi connectivity index (χ2v) is 9.97. The fourth-order valence-electron chi connectivity index (χ4n) is 4.26. The van der Waals surface area contributed by atoms with Gasteiger partial charge in [0.05, 0.1) is 4.90 Å². The Labute approximate surface area is 163 Å². The van der Waals surface area contributed by atoms with Crippen molar-refractivity contribution < 1.29 is 8.76 Å². The molecule has 0 bridgehead atoms. The molecule has 0 aliphatic heterocycles. The number of hydrogen-bond acceptors (Lipinski definition) is 1. The van der Waals surface area contributed by atoms with Crippen LogP contribution in [-0.4, -0.2) is 8.76 Å². The summed E-state index contributed by atoms with van der Waals surface area (Å²) < 4.78 is 20.4. The van der Waals surface area contributed by atoms with Crippen LogP contribution in [0.15, 0.2) is 59.5 Å². The van der Waals surface area contributed by atoms with Gasteiger partial charge in [0.1, 0.15) is 0 Å². The van der Waals surface area contributed by atoms with Crippen LogP contribution >= 0.6 is 0 Å². The second-order valence-electron chi connectivity index (χ2n) is 9.00. The molecule has 0 amide bonds. The smallest absolute Gasteiger partial charge is 0.186 e. The number of hydrogen-bond donors (Lipinski definition) is 1. The lowest BCUT2D eigenvalue weighted by atomic mass is 9.63. The molecular formula is C24H26O2S. The minimum atomic E-state index is -1.93. The molecule has 0 saturated carbocycles. The Morgan fingerprint density at radius 2 is 1.26 bits per heavy atom. The van der Waals surface area contributed by atoms with E-state index in [1.54, 1.807) is 12.1 Å². The molecule has 0 radical (unpaired) electrons. The van der Waals surface area contributed by atoms with Crippen molar-refractivity contribution in [3.63, 3.8) is 0 Å². The summed E-state index contributed by atoms with van der Waals surface area (Å²) in [5.41, 5.74) is 5.55. The maximum Gasteiger partial charge on any atom is 0.186 e. The van der Waals surface area contributed by atoms with Crippen molar-refractivity contribution >= 4 is 21.9 Å². The topological polar surface area (TPSA) is 37.3 Å². The summed E-state index contributed by atoms with van der Waals surface area (Å²) in [6.07, 6.45) is 2.42. The van der Waals surface area contributed by atoms with E-state index in [-0.39, 0.29) is 10.8 Å². The van der Waals surface area contributed by atoms with Crippen LogP contribution in [0.5, 0.6) is 0 Å². The van der Waals surface area contributed by atoms with Crippen LogP contribution in [0.2, 0.25) is 0 Å². The van der Waals surface area contributed by atoms with Crippen LogP contribution in [0.4, 0.5) is 0 Å². The van der Waals surface area contributed by atoms with E-state index < -0.39 is 11.1 Å². The van der Waals surface area contributed by atoms with E-state index in [1.165, 1.54) is 34.7 Å². The molecule has 1 atom stereocenters. The van der Waals surface area contributed by atoms with E-state index >= 15 is 0 Å². The fourth-order valence-corrected chi connectivity index (χ4v) is 4.62. The van der Waals surface area contributed by atoms with Crippen molar-refractivity contribution in [1.29, 1.82) is 0 Å². The minimum Gasteiger partial charge on any atom is -0.302 e. The monoisotopic (exact) mass is 378 g/mol. The first-order chi connectivity index (χ1) is 12.7. The molecular weight excluding hydrogens is 352 g/mol. The van der Waals surface area contributed by atoms with Crippen molar-refractivity contribution in [3.05, 3.63) is 65.7 Å². The van der Waals surface area contributed by atoms with Crippen molar-refractivity contribution in [2.45, 2.75) is 56.3 Å². The molecule has 4 rings (SSSR count). The zero-order chi connectivity index (χ0) is 19.4. The van der Waals surface area contributed by atoms with Gasteiger partial charge in [-0.25, -0.2) is 4.21 Å². The summed E-state index contributed by atoms with van der Waals surface area (Å²) in [6, 6.07) is 18.6. The summed E-state index contributed by atoms with van der Waals surface area (Å²) >= 11 is -1.93. The van der Waals surface area contributed by atoms with Gasteiger partial charge in [0.15, 0.2) is 11.1 Å². The lowest BCUT2D eigenvalue weighted by molar-refractivity contribution is 0.332. The molecule has 140 valence electrons. The molecule has 3 heteroatoms. The summed E-state index contributed by atoms with van der Waals surface area (Å²) in [4.78, 5) is 0.428. The van der Waals surface area contributed by atoms with E-state index in [0.29, 0.717) is 4.90 Å². The maximum atomic E-state index is 11.2. The first-order valence-corrected chi connectivity index (χ1v) is 10.6. The van der Waals surface area contributed by atoms with Crippen LogP contribution in [0.1, 0.15) is 51.7 Å². The highest BCUT2D eigenvalue weighted by Crippen LogP contribution is 2.47. The summed E-state index contributed by atoms with van der Waals surface area (Å²) in [7, 11) is 0. The van der Waals surface area contributed by atoms with Gasteiger partial charge >= 0.3 is 0 Å². The van der Waals surface area contributed by atoms with Gasteiger partial charge in [-0.1, -0.05) is 64.1 Å². The zero-order valence-corrected chi connectivity index (χ0v) is 17.2. The third-order valence-corrected chi connectivity index (χ3v) is 6.87. The predicted octanol–water partition coefficient (Wildman–Crippen LogP) is 6.44. The second kappa shape index (κ2) is 6.29. The Balaban J connectivity index is 1.85. The molecule has 1 N–H and O–H groups in total. The summed E-state index contributed by atoms with van der Waals surface area (Å²) in [5.74, 6) is 0. The molecule has 3 aromatic carbocycles. The third-order valence-electron chi connectivity index (χ3n) is 6.20. The average Bonchev–Trinajstić information content (AvgIpc) is 2.64. The number of rotatable bonds is 2. The van der Waals surface area contributed by atoms with Crippen LogP contribution in [-0.2, 0) is 21.9 Å². The Morgan fingerprint density at radius 3 is 1.81 bits per heavy atom. The van der Waals surface area contributed by atoms with Gasteiger partial charge in [-0.15, -0.1) is 0 Å². The average molecular weight is 379 g/mol. The normalized spacial score (nSPS) is 18.9. The van der Waals surface area contributed by atoms with Gasteiger partial charge in [0, 0.05) is 0 Å². The van der Waals surface area contributed by atoms with E-state index in [1.807, 2.05) is 12.1 Å². The van der Waals surface area contributed by atoms with Gasteiger partial charge < -0.3 is 4.55 Å². The van der Waals surface area contributed by atoms with Crippen LogP contribution in [0, 0.1) is 0 Å². The highest BCUT2D eigenvalue weighted by molar-refractivity contribution is 7.79. The summed E-state index contributed by atoms with van der Waals surface area (Å²) in [5, 5.41) is 2.53. The van der Waals surface area contributed by atoms with Gasteiger partial charge in [-0.2, -0.15) is 0 Å². The van der Waals surface area contributed by atoms with Crippen molar-refractivity contribution in [1.82, 2.24) is 0 Å². The molecule has 0 spiro atoms. The standard InChI is InChI=1S/C24H26O2S/c1-23(2)11-12-24(3,4)22-15-19-13-17(5-6-18(19)14-21(22)23)16-7-9-20(10-8-16)27(25)26/h5-10,13-15H,11-12H2,1-4H3,(H,25,26). The van der Waals surface area contributed by atoms with Gasteiger partial charge in [-0.05, 0) is 74.9 Å². The van der Waals surface area contributed by atoms with E-state index in [9.17, 15) is 8.76 Å². The SMILES string of the molecule is CC1(C)CCC(C)(C)c2cc3cc(-c4ccc(S(=O)O)cc4)ccc3cc21. The van der Waals surface area contributed by atoms with Gasteiger partial charge in [0.25, 0.3) is 0 Å². The quantitative estimate of drug-likeness (QED) is 0.521. The van der Waals surface area contributed by atoms with E-state index in [0.717, 1.165) is 11.1 Å². The molecule has 3 aromatic rings. The molecule has 0 aromatic heterocycles. The van der Waals surface area contributed by atoms with Crippen molar-refractivity contribution in [2.24, 2.45) is 0 Å². The molecule has 0 fully saturated rings. The Kier molecular flexibility index (Phi) is 4.28. The fraction of sp³-hybridized carbons (Fsp3) is 0.333.